The highest BCUT2D eigenvalue weighted by Gasteiger charge is 2.52. The molecule has 0 N–H and O–H groups in total. The fourth-order valence-electron chi connectivity index (χ4n) is 11.0. The van der Waals surface area contributed by atoms with Crippen LogP contribution in [-0.2, 0) is 5.41 Å². The summed E-state index contributed by atoms with van der Waals surface area (Å²) in [7, 11) is 0. The largest absolute Gasteiger partial charge is 0.456 e. The number of hydrogen-bond donors (Lipinski definition) is 0. The van der Waals surface area contributed by atoms with Gasteiger partial charge in [-0.05, 0) is 68.3 Å². The van der Waals surface area contributed by atoms with Crippen LogP contribution >= 0.6 is 0 Å². The third-order valence-corrected chi connectivity index (χ3v) is 13.5. The number of fused-ring (bicyclic) bond motifs is 17. The summed E-state index contributed by atoms with van der Waals surface area (Å²) in [5.74, 6) is 1.79. The van der Waals surface area contributed by atoms with Crippen LogP contribution in [0.15, 0.2) is 211 Å². The zero-order valence-electron chi connectivity index (χ0n) is 33.8. The van der Waals surface area contributed by atoms with Gasteiger partial charge in [0.1, 0.15) is 11.2 Å². The number of benzene rings is 9. The lowest BCUT2D eigenvalue weighted by molar-refractivity contribution is 0.669. The Bertz CT molecular complexity index is 3810. The van der Waals surface area contributed by atoms with Gasteiger partial charge in [0.05, 0.1) is 16.4 Å². The fraction of sp³-hybridized carbons (Fsp3) is 0.0172. The van der Waals surface area contributed by atoms with Crippen LogP contribution in [0.5, 0.6) is 0 Å². The molecule has 63 heavy (non-hydrogen) atoms. The maximum Gasteiger partial charge on any atom is 0.238 e. The predicted octanol–water partition coefficient (Wildman–Crippen LogP) is 14.2. The molecule has 0 radical (unpaired) electrons. The van der Waals surface area contributed by atoms with Gasteiger partial charge >= 0.3 is 0 Å². The van der Waals surface area contributed by atoms with Crippen LogP contribution in [-0.4, -0.2) is 19.5 Å². The van der Waals surface area contributed by atoms with Gasteiger partial charge in [-0.25, -0.2) is 4.98 Å². The molecule has 5 heteroatoms. The van der Waals surface area contributed by atoms with Gasteiger partial charge in [0.2, 0.25) is 5.95 Å². The van der Waals surface area contributed by atoms with Crippen molar-refractivity contribution >= 4 is 43.7 Å². The minimum absolute atomic E-state index is 0.483. The molecule has 292 valence electrons. The van der Waals surface area contributed by atoms with Gasteiger partial charge in [-0.2, -0.15) is 9.97 Å². The van der Waals surface area contributed by atoms with Crippen molar-refractivity contribution < 1.29 is 4.42 Å². The van der Waals surface area contributed by atoms with Gasteiger partial charge in [0.25, 0.3) is 0 Å². The van der Waals surface area contributed by atoms with Crippen LogP contribution in [0, 0.1) is 0 Å². The van der Waals surface area contributed by atoms with Crippen LogP contribution in [0.2, 0.25) is 0 Å². The number of rotatable bonds is 4. The molecule has 2 aliphatic rings. The van der Waals surface area contributed by atoms with Crippen LogP contribution in [0.4, 0.5) is 0 Å². The Morgan fingerprint density at radius 1 is 0.365 bits per heavy atom. The monoisotopic (exact) mass is 802 g/mol. The molecular weight excluding hydrogens is 769 g/mol. The summed E-state index contributed by atoms with van der Waals surface area (Å²) in [6.45, 7) is 0. The van der Waals surface area contributed by atoms with Crippen molar-refractivity contribution in [3.63, 3.8) is 0 Å². The minimum Gasteiger partial charge on any atom is -0.456 e. The highest BCUT2D eigenvalue weighted by atomic mass is 16.3. The second kappa shape index (κ2) is 12.8. The van der Waals surface area contributed by atoms with Crippen LogP contribution in [0.25, 0.3) is 106 Å². The molecule has 1 spiro atoms. The third-order valence-electron chi connectivity index (χ3n) is 13.5. The van der Waals surface area contributed by atoms with Crippen LogP contribution in [0.3, 0.4) is 0 Å². The summed E-state index contributed by atoms with van der Waals surface area (Å²) in [6.07, 6.45) is 0. The Kier molecular flexibility index (Phi) is 6.97. The molecule has 3 aromatic heterocycles. The SMILES string of the molecule is c1ccc(-c2nc(-c3ccc(-c4cccc5oc6ccccc6c45)cc3)nc(-n3c4ccccc4c4ccc5c(c43)-c3ccccc3C53c4ccccc4-c4ccccc43)n2)cc1. The molecule has 0 amide bonds. The molecule has 0 saturated carbocycles. The quantitative estimate of drug-likeness (QED) is 0.178. The van der Waals surface area contributed by atoms with Crippen molar-refractivity contribution in [2.24, 2.45) is 0 Å². The van der Waals surface area contributed by atoms with Gasteiger partial charge in [-0.1, -0.05) is 188 Å². The first-order valence-corrected chi connectivity index (χ1v) is 21.4. The summed E-state index contributed by atoms with van der Waals surface area (Å²) in [5, 5.41) is 4.52. The Hall–Kier alpha value is -8.41. The molecule has 0 atom stereocenters. The number of nitrogens with zero attached hydrogens (tertiary/aromatic N) is 4. The highest BCUT2D eigenvalue weighted by molar-refractivity contribution is 6.17. The van der Waals surface area contributed by atoms with E-state index in [0.717, 1.165) is 66.0 Å². The van der Waals surface area contributed by atoms with Gasteiger partial charge in [0.15, 0.2) is 11.6 Å². The van der Waals surface area contributed by atoms with Gasteiger partial charge in [0, 0.05) is 38.2 Å². The molecule has 0 bridgehead atoms. The van der Waals surface area contributed by atoms with E-state index in [1.165, 1.54) is 44.5 Å². The zero-order valence-corrected chi connectivity index (χ0v) is 33.8. The van der Waals surface area contributed by atoms with Crippen LogP contribution < -0.4 is 0 Å². The molecule has 5 nitrogen and oxygen atoms in total. The Labute approximate surface area is 362 Å². The number of hydrogen-bond acceptors (Lipinski definition) is 4. The van der Waals surface area contributed by atoms with E-state index in [1.807, 2.05) is 36.4 Å². The molecule has 0 unspecified atom stereocenters. The number of aromatic nitrogens is 4. The molecule has 0 aliphatic heterocycles. The van der Waals surface area contributed by atoms with E-state index in [1.54, 1.807) is 0 Å². The molecule has 9 aromatic carbocycles. The molecule has 3 heterocycles. The average molecular weight is 803 g/mol. The van der Waals surface area contributed by atoms with E-state index in [4.69, 9.17) is 19.4 Å². The normalized spacial score (nSPS) is 13.2. The summed E-state index contributed by atoms with van der Waals surface area (Å²) in [5.41, 5.74) is 17.6. The Balaban J connectivity index is 1.03. The summed E-state index contributed by atoms with van der Waals surface area (Å²) in [6, 6.07) is 73.6. The van der Waals surface area contributed by atoms with Crippen molar-refractivity contribution in [1.29, 1.82) is 0 Å². The topological polar surface area (TPSA) is 56.7 Å². The first-order chi connectivity index (χ1) is 31.3. The summed E-state index contributed by atoms with van der Waals surface area (Å²) >= 11 is 0. The van der Waals surface area contributed by atoms with E-state index in [9.17, 15) is 0 Å². The van der Waals surface area contributed by atoms with Gasteiger partial charge in [-0.15, -0.1) is 0 Å². The second-order valence-corrected chi connectivity index (χ2v) is 16.6. The van der Waals surface area contributed by atoms with E-state index in [-0.39, 0.29) is 0 Å². The first kappa shape index (κ1) is 34.3. The molecule has 0 saturated heterocycles. The van der Waals surface area contributed by atoms with Gasteiger partial charge < -0.3 is 4.42 Å². The highest BCUT2D eigenvalue weighted by Crippen LogP contribution is 2.64. The lowest BCUT2D eigenvalue weighted by atomic mass is 9.70. The second-order valence-electron chi connectivity index (χ2n) is 16.6. The van der Waals surface area contributed by atoms with Crippen molar-refractivity contribution in [2.75, 3.05) is 0 Å². The maximum absolute atomic E-state index is 6.25. The standard InChI is InChI=1S/C58H34N4O/c1-2-15-36(16-3-1)55-59-56(37-31-29-35(30-32-37)38-22-14-28-51-52(38)44-21-8-13-27-50(44)63-51)61-57(60-55)62-49-26-12-7-19-41(49)42-33-34-48-53(54(42)62)43-20-6-11-25-47(43)58(48)45-23-9-4-17-39(45)40-18-5-10-24-46(40)58/h1-34H. The fourth-order valence-corrected chi connectivity index (χ4v) is 11.0. The van der Waals surface area contributed by atoms with E-state index in [2.05, 4.69) is 174 Å². The summed E-state index contributed by atoms with van der Waals surface area (Å²) in [4.78, 5) is 16.0. The van der Waals surface area contributed by atoms with E-state index >= 15 is 0 Å². The van der Waals surface area contributed by atoms with Crippen molar-refractivity contribution in [2.45, 2.75) is 5.41 Å². The smallest absolute Gasteiger partial charge is 0.238 e. The van der Waals surface area contributed by atoms with Crippen LogP contribution in [0.1, 0.15) is 22.3 Å². The summed E-state index contributed by atoms with van der Waals surface area (Å²) < 4.78 is 8.54. The predicted molar refractivity (Wildman–Crippen MR) is 254 cm³/mol. The van der Waals surface area contributed by atoms with Crippen molar-refractivity contribution in [3.05, 3.63) is 229 Å². The first-order valence-electron chi connectivity index (χ1n) is 21.4. The van der Waals surface area contributed by atoms with E-state index < -0.39 is 5.41 Å². The Morgan fingerprint density at radius 3 is 1.67 bits per heavy atom. The molecule has 2 aliphatic carbocycles. The van der Waals surface area contributed by atoms with Crippen molar-refractivity contribution in [1.82, 2.24) is 19.5 Å². The molecule has 12 aromatic rings. The molecular formula is C58H34N4O. The van der Waals surface area contributed by atoms with Gasteiger partial charge in [-0.3, -0.25) is 4.57 Å². The third kappa shape index (κ3) is 4.63. The zero-order chi connectivity index (χ0) is 41.2. The lowest BCUT2D eigenvalue weighted by Gasteiger charge is -2.30. The van der Waals surface area contributed by atoms with Crippen molar-refractivity contribution in [3.8, 4) is 62.1 Å². The number of furan rings is 1. The number of para-hydroxylation sites is 2. The minimum atomic E-state index is -0.483. The average Bonchev–Trinajstić information content (AvgIpc) is 4.08. The van der Waals surface area contributed by atoms with E-state index in [0.29, 0.717) is 17.6 Å². The molecule has 0 fully saturated rings. The lowest BCUT2D eigenvalue weighted by Crippen LogP contribution is -2.25. The Morgan fingerprint density at radius 2 is 0.921 bits per heavy atom. The molecule has 14 rings (SSSR count). The maximum atomic E-state index is 6.25.